The molecule has 0 radical (unpaired) electrons. The number of anilines is 3. The molecular formula is C40H30F3N5O5. The van der Waals surface area contributed by atoms with Gasteiger partial charge in [-0.05, 0) is 84.2 Å². The van der Waals surface area contributed by atoms with Crippen LogP contribution in [0.2, 0.25) is 0 Å². The van der Waals surface area contributed by atoms with Crippen molar-refractivity contribution < 1.29 is 37.4 Å². The molecule has 53 heavy (non-hydrogen) atoms. The third-order valence-electron chi connectivity index (χ3n) is 8.03. The van der Waals surface area contributed by atoms with E-state index in [9.17, 15) is 32.7 Å². The molecule has 0 aromatic heterocycles. The van der Waals surface area contributed by atoms with Crippen molar-refractivity contribution in [3.8, 4) is 11.5 Å². The maximum atomic E-state index is 13.2. The number of rotatable bonds is 10. The van der Waals surface area contributed by atoms with Crippen molar-refractivity contribution in [2.75, 3.05) is 23.1 Å². The standard InChI is InChI=1S/C40H30F3N5O5/c1-53-34-19-18-31(46-39(52)26-11-7-12-28(21-26)40(41,42)43)23-33(34)47-48-36-32-13-6-5-10-25(32)20-27(37(36)50)22-35(49)44-29-14-16-30(17-15-29)45-38(51)24-8-3-2-4-9-24/h2-21,23,50H,22H2,1H3,(H,44,49)(H,45,51)(H,46,52). The molecule has 0 atom stereocenters. The van der Waals surface area contributed by atoms with E-state index in [0.29, 0.717) is 27.7 Å². The van der Waals surface area contributed by atoms with Crippen LogP contribution in [0.3, 0.4) is 0 Å². The number of hydrogen-bond acceptors (Lipinski definition) is 7. The highest BCUT2D eigenvalue weighted by molar-refractivity contribution is 6.05. The summed E-state index contributed by atoms with van der Waals surface area (Å²) < 4.78 is 45.0. The fraction of sp³-hybridized carbons (Fsp3) is 0.0750. The Morgan fingerprint density at radius 2 is 1.30 bits per heavy atom. The van der Waals surface area contributed by atoms with Crippen LogP contribution in [-0.2, 0) is 17.4 Å². The highest BCUT2D eigenvalue weighted by atomic mass is 19.4. The van der Waals surface area contributed by atoms with Gasteiger partial charge in [-0.3, -0.25) is 14.4 Å². The van der Waals surface area contributed by atoms with Crippen LogP contribution in [0, 0.1) is 0 Å². The number of halogens is 3. The monoisotopic (exact) mass is 717 g/mol. The van der Waals surface area contributed by atoms with Gasteiger partial charge < -0.3 is 25.8 Å². The van der Waals surface area contributed by atoms with Crippen LogP contribution in [0.4, 0.5) is 41.6 Å². The molecule has 0 fully saturated rings. The molecule has 0 spiro atoms. The summed E-state index contributed by atoms with van der Waals surface area (Å²) >= 11 is 0. The fourth-order valence-corrected chi connectivity index (χ4v) is 5.41. The van der Waals surface area contributed by atoms with Gasteiger partial charge in [-0.25, -0.2) is 0 Å². The first-order valence-electron chi connectivity index (χ1n) is 16.1. The normalized spacial score (nSPS) is 11.3. The van der Waals surface area contributed by atoms with Crippen LogP contribution >= 0.6 is 0 Å². The van der Waals surface area contributed by atoms with E-state index >= 15 is 0 Å². The quantitative estimate of drug-likeness (QED) is 0.104. The van der Waals surface area contributed by atoms with Crippen LogP contribution < -0.4 is 20.7 Å². The summed E-state index contributed by atoms with van der Waals surface area (Å²) in [6, 6.07) is 32.5. The molecule has 0 saturated carbocycles. The lowest BCUT2D eigenvalue weighted by Gasteiger charge is -2.12. The van der Waals surface area contributed by atoms with Gasteiger partial charge in [-0.1, -0.05) is 48.5 Å². The van der Waals surface area contributed by atoms with E-state index in [1.165, 1.54) is 31.4 Å². The van der Waals surface area contributed by atoms with E-state index in [1.807, 2.05) is 6.07 Å². The van der Waals surface area contributed by atoms with Gasteiger partial charge >= 0.3 is 6.18 Å². The zero-order chi connectivity index (χ0) is 37.5. The Hall–Kier alpha value is -7.02. The van der Waals surface area contributed by atoms with E-state index in [4.69, 9.17) is 4.74 Å². The second kappa shape index (κ2) is 15.5. The molecule has 0 aliphatic rings. The Labute approximate surface area is 301 Å². The molecule has 13 heteroatoms. The third-order valence-corrected chi connectivity index (χ3v) is 8.03. The molecule has 0 aliphatic heterocycles. The Balaban J connectivity index is 1.20. The van der Waals surface area contributed by atoms with E-state index in [-0.39, 0.29) is 52.0 Å². The minimum absolute atomic E-state index is 0.0740. The maximum absolute atomic E-state index is 13.2. The average Bonchev–Trinajstić information content (AvgIpc) is 3.15. The molecule has 0 aliphatic carbocycles. The van der Waals surface area contributed by atoms with Crippen molar-refractivity contribution in [1.29, 1.82) is 0 Å². The van der Waals surface area contributed by atoms with Crippen LogP contribution in [0.25, 0.3) is 10.8 Å². The van der Waals surface area contributed by atoms with Crippen molar-refractivity contribution in [2.24, 2.45) is 10.2 Å². The van der Waals surface area contributed by atoms with E-state index in [0.717, 1.165) is 18.2 Å². The summed E-state index contributed by atoms with van der Waals surface area (Å²) in [5.74, 6) is -1.49. The zero-order valence-electron chi connectivity index (χ0n) is 27.9. The Morgan fingerprint density at radius 1 is 0.679 bits per heavy atom. The number of carbonyl (C=O) groups is 3. The molecule has 10 nitrogen and oxygen atoms in total. The number of hydrogen-bond donors (Lipinski definition) is 4. The second-order valence-electron chi connectivity index (χ2n) is 11.7. The molecule has 266 valence electrons. The predicted octanol–water partition coefficient (Wildman–Crippen LogP) is 9.67. The van der Waals surface area contributed by atoms with Gasteiger partial charge in [0.05, 0.1) is 19.1 Å². The number of alkyl halides is 3. The molecule has 6 aromatic rings. The average molecular weight is 718 g/mol. The van der Waals surface area contributed by atoms with Crippen molar-refractivity contribution >= 4 is 56.9 Å². The number of phenols is 1. The summed E-state index contributed by atoms with van der Waals surface area (Å²) in [5.41, 5.74) is 1.06. The molecule has 0 heterocycles. The lowest BCUT2D eigenvalue weighted by molar-refractivity contribution is -0.137. The number of phenolic OH excluding ortho intramolecular Hbond substituents is 1. The molecule has 4 N–H and O–H groups in total. The largest absolute Gasteiger partial charge is 0.505 e. The first-order valence-corrected chi connectivity index (χ1v) is 16.1. The van der Waals surface area contributed by atoms with Gasteiger partial charge in [0.25, 0.3) is 11.8 Å². The third kappa shape index (κ3) is 8.66. The number of ether oxygens (including phenoxy) is 1. The number of nitrogens with zero attached hydrogens (tertiary/aromatic N) is 2. The molecule has 3 amide bonds. The number of fused-ring (bicyclic) bond motifs is 1. The maximum Gasteiger partial charge on any atom is 0.416 e. The predicted molar refractivity (Wildman–Crippen MR) is 195 cm³/mol. The SMILES string of the molecule is COc1ccc(NC(=O)c2cccc(C(F)(F)F)c2)cc1N=Nc1c(O)c(CC(=O)Nc2ccc(NC(=O)c3ccccc3)cc2)cc2ccccc12. The minimum Gasteiger partial charge on any atom is -0.505 e. The van der Waals surface area contributed by atoms with Gasteiger partial charge in [-0.15, -0.1) is 10.2 Å². The summed E-state index contributed by atoms with van der Waals surface area (Å²) in [5, 5.41) is 29.3. The Morgan fingerprint density at radius 3 is 2.02 bits per heavy atom. The molecule has 0 bridgehead atoms. The number of carbonyl (C=O) groups excluding carboxylic acids is 3. The Kier molecular flexibility index (Phi) is 10.5. The molecular weight excluding hydrogens is 687 g/mol. The topological polar surface area (TPSA) is 141 Å². The number of aromatic hydroxyl groups is 1. The van der Waals surface area contributed by atoms with Gasteiger partial charge in [-0.2, -0.15) is 13.2 Å². The van der Waals surface area contributed by atoms with Crippen LogP contribution in [0.5, 0.6) is 11.5 Å². The minimum atomic E-state index is -4.61. The first kappa shape index (κ1) is 35.8. The van der Waals surface area contributed by atoms with Gasteiger partial charge in [0.15, 0.2) is 0 Å². The number of methoxy groups -OCH3 is 1. The van der Waals surface area contributed by atoms with Crippen molar-refractivity contribution in [3.63, 3.8) is 0 Å². The molecule has 6 rings (SSSR count). The van der Waals surface area contributed by atoms with Crippen molar-refractivity contribution in [1.82, 2.24) is 0 Å². The lowest BCUT2D eigenvalue weighted by atomic mass is 10.0. The summed E-state index contributed by atoms with van der Waals surface area (Å²) in [6.07, 6.45) is -4.83. The first-order chi connectivity index (χ1) is 25.5. The van der Waals surface area contributed by atoms with Gasteiger partial charge in [0.2, 0.25) is 5.91 Å². The van der Waals surface area contributed by atoms with Crippen molar-refractivity contribution in [3.05, 3.63) is 150 Å². The summed E-state index contributed by atoms with van der Waals surface area (Å²) in [4.78, 5) is 38.4. The lowest BCUT2D eigenvalue weighted by Crippen LogP contribution is -2.15. The fourth-order valence-electron chi connectivity index (χ4n) is 5.41. The van der Waals surface area contributed by atoms with Crippen LogP contribution in [-0.4, -0.2) is 29.9 Å². The van der Waals surface area contributed by atoms with Crippen LogP contribution in [0.1, 0.15) is 31.8 Å². The van der Waals surface area contributed by atoms with E-state index < -0.39 is 23.6 Å². The molecule has 0 unspecified atom stereocenters. The second-order valence-corrected chi connectivity index (χ2v) is 11.7. The molecule has 6 aromatic carbocycles. The van der Waals surface area contributed by atoms with Crippen LogP contribution in [0.15, 0.2) is 138 Å². The summed E-state index contributed by atoms with van der Waals surface area (Å²) in [7, 11) is 1.40. The highest BCUT2D eigenvalue weighted by Gasteiger charge is 2.31. The van der Waals surface area contributed by atoms with Crippen molar-refractivity contribution in [2.45, 2.75) is 12.6 Å². The van der Waals surface area contributed by atoms with E-state index in [1.54, 1.807) is 78.9 Å². The summed E-state index contributed by atoms with van der Waals surface area (Å²) in [6.45, 7) is 0. The Bertz CT molecular complexity index is 2350. The number of benzene rings is 6. The number of amides is 3. The smallest absolute Gasteiger partial charge is 0.416 e. The van der Waals surface area contributed by atoms with Gasteiger partial charge in [0, 0.05) is 39.1 Å². The van der Waals surface area contributed by atoms with E-state index in [2.05, 4.69) is 26.2 Å². The number of nitrogens with one attached hydrogen (secondary N) is 3. The van der Waals surface area contributed by atoms with Gasteiger partial charge in [0.1, 0.15) is 22.9 Å². The molecule has 0 saturated heterocycles. The zero-order valence-corrected chi connectivity index (χ0v) is 27.9. The highest BCUT2D eigenvalue weighted by Crippen LogP contribution is 2.41. The number of azo groups is 1.